The number of nitrogens with zero attached hydrogens (tertiary/aromatic N) is 3. The van der Waals surface area contributed by atoms with E-state index in [1.54, 1.807) is 0 Å². The number of hydrogen-bond acceptors (Lipinski definition) is 4. The molecule has 0 saturated heterocycles. The van der Waals surface area contributed by atoms with Crippen LogP contribution in [0.2, 0.25) is 0 Å². The molecule has 0 spiro atoms. The zero-order chi connectivity index (χ0) is 28.3. The van der Waals surface area contributed by atoms with Crippen LogP contribution in [0.4, 0.5) is 0 Å². The smallest absolute Gasteiger partial charge is 0.164 e. The minimum atomic E-state index is 0.645. The van der Waals surface area contributed by atoms with E-state index in [4.69, 9.17) is 19.4 Å². The van der Waals surface area contributed by atoms with Gasteiger partial charge in [-0.15, -0.1) is 0 Å². The lowest BCUT2D eigenvalue weighted by Gasteiger charge is -2.12. The molecule has 0 N–H and O–H groups in total. The summed E-state index contributed by atoms with van der Waals surface area (Å²) in [6, 6.07) is 48.0. The lowest BCUT2D eigenvalue weighted by atomic mass is 9.92. The number of fused-ring (bicyclic) bond motifs is 3. The Morgan fingerprint density at radius 1 is 0.326 bits per heavy atom. The summed E-state index contributed by atoms with van der Waals surface area (Å²) in [6.45, 7) is 0. The van der Waals surface area contributed by atoms with Crippen LogP contribution in [0.25, 0.3) is 88.8 Å². The minimum Gasteiger partial charge on any atom is -0.456 e. The second-order valence-corrected chi connectivity index (χ2v) is 10.8. The molecule has 43 heavy (non-hydrogen) atoms. The molecule has 0 unspecified atom stereocenters. The minimum absolute atomic E-state index is 0.645. The van der Waals surface area contributed by atoms with Gasteiger partial charge < -0.3 is 4.42 Å². The van der Waals surface area contributed by atoms with E-state index in [9.17, 15) is 0 Å². The number of hydrogen-bond donors (Lipinski definition) is 0. The van der Waals surface area contributed by atoms with Crippen LogP contribution >= 0.6 is 0 Å². The van der Waals surface area contributed by atoms with Crippen molar-refractivity contribution in [3.05, 3.63) is 140 Å². The molecule has 9 aromatic rings. The summed E-state index contributed by atoms with van der Waals surface area (Å²) in [5.41, 5.74) is 6.95. The van der Waals surface area contributed by atoms with E-state index in [2.05, 4.69) is 78.9 Å². The second kappa shape index (κ2) is 9.33. The molecule has 0 bridgehead atoms. The van der Waals surface area contributed by atoms with Crippen LogP contribution in [0, 0.1) is 0 Å². The van der Waals surface area contributed by atoms with Gasteiger partial charge in [0.2, 0.25) is 0 Å². The lowest BCUT2D eigenvalue weighted by molar-refractivity contribution is 0.669. The van der Waals surface area contributed by atoms with Crippen molar-refractivity contribution >= 4 is 43.5 Å². The van der Waals surface area contributed by atoms with E-state index in [1.165, 1.54) is 32.3 Å². The maximum Gasteiger partial charge on any atom is 0.164 e. The van der Waals surface area contributed by atoms with Gasteiger partial charge in [-0.2, -0.15) is 0 Å². The Labute approximate surface area is 247 Å². The highest BCUT2D eigenvalue weighted by molar-refractivity contribution is 6.33. The molecule has 0 aliphatic carbocycles. The first-order valence-electron chi connectivity index (χ1n) is 14.4. The van der Waals surface area contributed by atoms with Gasteiger partial charge in [0.05, 0.1) is 0 Å². The Balaban J connectivity index is 1.22. The topological polar surface area (TPSA) is 51.8 Å². The van der Waals surface area contributed by atoms with Crippen LogP contribution < -0.4 is 0 Å². The van der Waals surface area contributed by atoms with Crippen LogP contribution in [0.15, 0.2) is 144 Å². The fourth-order valence-electron chi connectivity index (χ4n) is 6.27. The summed E-state index contributed by atoms with van der Waals surface area (Å²) in [4.78, 5) is 14.7. The second-order valence-electron chi connectivity index (χ2n) is 10.8. The first-order valence-corrected chi connectivity index (χ1v) is 14.4. The highest BCUT2D eigenvalue weighted by Gasteiger charge is 2.18. The number of furan rings is 1. The lowest BCUT2D eigenvalue weighted by Crippen LogP contribution is -2.00. The van der Waals surface area contributed by atoms with Gasteiger partial charge in [0, 0.05) is 27.5 Å². The molecule has 9 rings (SSSR count). The maximum atomic E-state index is 6.23. The molecule has 200 valence electrons. The quantitative estimate of drug-likeness (QED) is 0.205. The molecular formula is C39H23N3O. The van der Waals surface area contributed by atoms with Gasteiger partial charge in [-0.1, -0.05) is 115 Å². The molecule has 2 heterocycles. The van der Waals surface area contributed by atoms with Crippen molar-refractivity contribution in [1.82, 2.24) is 15.0 Å². The van der Waals surface area contributed by atoms with Gasteiger partial charge in [0.25, 0.3) is 0 Å². The third-order valence-corrected chi connectivity index (χ3v) is 8.28. The molecule has 0 atom stereocenters. The Kier molecular flexibility index (Phi) is 5.16. The largest absolute Gasteiger partial charge is 0.456 e. The number of benzene rings is 7. The first kappa shape index (κ1) is 23.8. The van der Waals surface area contributed by atoms with Crippen molar-refractivity contribution in [2.24, 2.45) is 0 Å². The monoisotopic (exact) mass is 549 g/mol. The fourth-order valence-corrected chi connectivity index (χ4v) is 6.27. The molecule has 4 heteroatoms. The Morgan fingerprint density at radius 3 is 1.44 bits per heavy atom. The van der Waals surface area contributed by atoms with Crippen molar-refractivity contribution in [1.29, 1.82) is 0 Å². The summed E-state index contributed by atoms with van der Waals surface area (Å²) in [7, 11) is 0. The van der Waals surface area contributed by atoms with Crippen LogP contribution in [-0.2, 0) is 0 Å². The predicted octanol–water partition coefficient (Wildman–Crippen LogP) is 10.2. The van der Waals surface area contributed by atoms with Crippen LogP contribution in [0.1, 0.15) is 0 Å². The van der Waals surface area contributed by atoms with E-state index >= 15 is 0 Å². The predicted molar refractivity (Wildman–Crippen MR) is 175 cm³/mol. The Bertz CT molecular complexity index is 2390. The molecule has 7 aromatic carbocycles. The summed E-state index contributed by atoms with van der Waals surface area (Å²) < 4.78 is 6.23. The van der Waals surface area contributed by atoms with E-state index in [0.29, 0.717) is 17.5 Å². The van der Waals surface area contributed by atoms with Crippen molar-refractivity contribution in [3.63, 3.8) is 0 Å². The van der Waals surface area contributed by atoms with Gasteiger partial charge >= 0.3 is 0 Å². The van der Waals surface area contributed by atoms with Gasteiger partial charge in [0.15, 0.2) is 17.5 Å². The van der Waals surface area contributed by atoms with E-state index in [0.717, 1.165) is 39.0 Å². The van der Waals surface area contributed by atoms with E-state index < -0.39 is 0 Å². The van der Waals surface area contributed by atoms with Gasteiger partial charge in [-0.3, -0.25) is 0 Å². The first-order chi connectivity index (χ1) is 21.3. The Hall–Kier alpha value is -5.87. The molecule has 0 amide bonds. The van der Waals surface area contributed by atoms with Crippen LogP contribution in [0.5, 0.6) is 0 Å². The molecule has 0 aliphatic rings. The average molecular weight is 550 g/mol. The molecular weight excluding hydrogens is 526 g/mol. The molecule has 0 fully saturated rings. The van der Waals surface area contributed by atoms with Crippen LogP contribution in [0.3, 0.4) is 0 Å². The third kappa shape index (κ3) is 3.81. The molecule has 0 saturated carbocycles. The molecule has 0 radical (unpaired) electrons. The molecule has 2 aromatic heterocycles. The maximum absolute atomic E-state index is 6.23. The zero-order valence-electron chi connectivity index (χ0n) is 23.0. The van der Waals surface area contributed by atoms with Gasteiger partial charge in [-0.05, 0) is 56.9 Å². The van der Waals surface area contributed by atoms with Crippen LogP contribution in [-0.4, -0.2) is 15.0 Å². The molecule has 4 nitrogen and oxygen atoms in total. The standard InChI is InChI=1S/C39H23N3O/c1-3-10-24(11-4-1)37-40-38(25-12-5-2-6-13-25)42-39(41-37)28-15-7-14-26(22-28)27-20-21-29-30-16-8-18-33-35(30)36-31(32(29)23-27)17-9-19-34(36)43-33/h1-23H. The fraction of sp³-hybridized carbons (Fsp3) is 0. The van der Waals surface area contributed by atoms with Gasteiger partial charge in [0.1, 0.15) is 11.2 Å². The van der Waals surface area contributed by atoms with Gasteiger partial charge in [-0.25, -0.2) is 15.0 Å². The molecule has 0 aliphatic heterocycles. The summed E-state index contributed by atoms with van der Waals surface area (Å²) in [5.74, 6) is 1.95. The highest BCUT2D eigenvalue weighted by Crippen LogP contribution is 2.43. The van der Waals surface area contributed by atoms with Crippen molar-refractivity contribution < 1.29 is 4.42 Å². The summed E-state index contributed by atoms with van der Waals surface area (Å²) >= 11 is 0. The van der Waals surface area contributed by atoms with Crippen molar-refractivity contribution in [2.75, 3.05) is 0 Å². The van der Waals surface area contributed by atoms with E-state index in [1.807, 2.05) is 60.7 Å². The number of aromatic nitrogens is 3. The van der Waals surface area contributed by atoms with Crippen molar-refractivity contribution in [3.8, 4) is 45.3 Å². The average Bonchev–Trinajstić information content (AvgIpc) is 3.48. The third-order valence-electron chi connectivity index (χ3n) is 8.28. The summed E-state index contributed by atoms with van der Waals surface area (Å²) in [6.07, 6.45) is 0. The summed E-state index contributed by atoms with van der Waals surface area (Å²) in [5, 5.41) is 7.27. The van der Waals surface area contributed by atoms with Crippen molar-refractivity contribution in [2.45, 2.75) is 0 Å². The SMILES string of the molecule is c1ccc(-c2nc(-c3ccccc3)nc(-c3cccc(-c4ccc5c(c4)c4cccc6oc7cccc5c7c64)c3)n2)cc1. The van der Waals surface area contributed by atoms with E-state index in [-0.39, 0.29) is 0 Å². The normalized spacial score (nSPS) is 11.7. The zero-order valence-corrected chi connectivity index (χ0v) is 23.0. The Morgan fingerprint density at radius 2 is 0.814 bits per heavy atom. The highest BCUT2D eigenvalue weighted by atomic mass is 16.3. The number of rotatable bonds is 4.